The van der Waals surface area contributed by atoms with Crippen molar-refractivity contribution in [2.75, 3.05) is 11.9 Å². The van der Waals surface area contributed by atoms with Crippen LogP contribution in [-0.2, 0) is 11.3 Å². The molecule has 0 spiro atoms. The van der Waals surface area contributed by atoms with E-state index in [0.29, 0.717) is 6.54 Å². The predicted molar refractivity (Wildman–Crippen MR) is 75.8 cm³/mol. The summed E-state index contributed by atoms with van der Waals surface area (Å²) in [5.41, 5.74) is 2.83. The van der Waals surface area contributed by atoms with Crippen LogP contribution in [0.25, 0.3) is 0 Å². The molecule has 1 aromatic carbocycles. The molecule has 0 bridgehead atoms. The Kier molecular flexibility index (Phi) is 4.64. The Balaban J connectivity index is 1.78. The molecule has 0 atom stereocenters. The van der Waals surface area contributed by atoms with Crippen molar-refractivity contribution in [3.05, 3.63) is 59.9 Å². The summed E-state index contributed by atoms with van der Waals surface area (Å²) in [5, 5.41) is 5.94. The van der Waals surface area contributed by atoms with Crippen LogP contribution >= 0.6 is 0 Å². The number of hydrogen-bond acceptors (Lipinski definition) is 3. The number of anilines is 1. The van der Waals surface area contributed by atoms with Gasteiger partial charge in [0.2, 0.25) is 5.91 Å². The molecular weight excluding hydrogens is 238 g/mol. The number of nitrogens with one attached hydrogen (secondary N) is 2. The van der Waals surface area contributed by atoms with Gasteiger partial charge in [0.1, 0.15) is 0 Å². The summed E-state index contributed by atoms with van der Waals surface area (Å²) < 4.78 is 0. The second-order valence-corrected chi connectivity index (χ2v) is 4.29. The van der Waals surface area contributed by atoms with Gasteiger partial charge >= 0.3 is 0 Å². The molecule has 19 heavy (non-hydrogen) atoms. The minimum absolute atomic E-state index is 0.0507. The molecule has 0 aliphatic rings. The van der Waals surface area contributed by atoms with Crippen molar-refractivity contribution in [1.29, 1.82) is 0 Å². The van der Waals surface area contributed by atoms with Crippen molar-refractivity contribution < 1.29 is 4.79 Å². The maximum atomic E-state index is 11.8. The number of benzene rings is 1. The summed E-state index contributed by atoms with van der Waals surface area (Å²) in [6.07, 6.45) is 1.74. The number of aromatic nitrogens is 1. The SMILES string of the molecule is Cc1ccccc1NC(=O)CNCc1ccccn1. The first kappa shape index (κ1) is 13.2. The van der Waals surface area contributed by atoms with Crippen molar-refractivity contribution in [3.8, 4) is 0 Å². The Bertz CT molecular complexity index is 540. The van der Waals surface area contributed by atoms with E-state index in [1.165, 1.54) is 0 Å². The first-order chi connectivity index (χ1) is 9.25. The Hall–Kier alpha value is -2.20. The highest BCUT2D eigenvalue weighted by molar-refractivity contribution is 5.92. The van der Waals surface area contributed by atoms with E-state index in [1.54, 1.807) is 6.20 Å². The van der Waals surface area contributed by atoms with Crippen LogP contribution in [0.2, 0.25) is 0 Å². The minimum Gasteiger partial charge on any atom is -0.325 e. The molecule has 0 fully saturated rings. The number of aryl methyl sites for hydroxylation is 1. The molecule has 0 unspecified atom stereocenters. The zero-order chi connectivity index (χ0) is 13.5. The van der Waals surface area contributed by atoms with Crippen LogP contribution in [0.5, 0.6) is 0 Å². The highest BCUT2D eigenvalue weighted by Gasteiger charge is 2.03. The first-order valence-corrected chi connectivity index (χ1v) is 6.22. The average molecular weight is 255 g/mol. The normalized spacial score (nSPS) is 10.2. The second-order valence-electron chi connectivity index (χ2n) is 4.29. The number of pyridine rings is 1. The molecule has 1 amide bonds. The quantitative estimate of drug-likeness (QED) is 0.860. The molecule has 0 aliphatic heterocycles. The monoisotopic (exact) mass is 255 g/mol. The lowest BCUT2D eigenvalue weighted by Crippen LogP contribution is -2.28. The van der Waals surface area contributed by atoms with Gasteiger partial charge in [-0.2, -0.15) is 0 Å². The van der Waals surface area contributed by atoms with Crippen molar-refractivity contribution in [2.45, 2.75) is 13.5 Å². The number of carbonyl (C=O) groups is 1. The standard InChI is InChI=1S/C15H17N3O/c1-12-6-2-3-8-14(12)18-15(19)11-16-10-13-7-4-5-9-17-13/h2-9,16H,10-11H2,1H3,(H,18,19). The summed E-state index contributed by atoms with van der Waals surface area (Å²) in [6.45, 7) is 2.82. The number of rotatable bonds is 5. The lowest BCUT2D eigenvalue weighted by Gasteiger charge is -2.08. The fraction of sp³-hybridized carbons (Fsp3) is 0.200. The molecule has 1 heterocycles. The molecule has 2 rings (SSSR count). The van der Waals surface area contributed by atoms with Crippen LogP contribution in [0.1, 0.15) is 11.3 Å². The van der Waals surface area contributed by atoms with Crippen LogP contribution in [0.15, 0.2) is 48.7 Å². The molecule has 0 aliphatic carbocycles. The molecule has 0 radical (unpaired) electrons. The fourth-order valence-corrected chi connectivity index (χ4v) is 1.71. The van der Waals surface area contributed by atoms with Crippen LogP contribution in [0, 0.1) is 6.92 Å². The third kappa shape index (κ3) is 4.19. The first-order valence-electron chi connectivity index (χ1n) is 6.22. The van der Waals surface area contributed by atoms with E-state index < -0.39 is 0 Å². The Morgan fingerprint density at radius 1 is 1.16 bits per heavy atom. The zero-order valence-electron chi connectivity index (χ0n) is 10.9. The van der Waals surface area contributed by atoms with E-state index in [2.05, 4.69) is 15.6 Å². The molecule has 4 nitrogen and oxygen atoms in total. The molecule has 1 aromatic heterocycles. The van der Waals surface area contributed by atoms with Gasteiger partial charge in [-0.1, -0.05) is 24.3 Å². The van der Waals surface area contributed by atoms with E-state index in [9.17, 15) is 4.79 Å². The van der Waals surface area contributed by atoms with Gasteiger partial charge in [0, 0.05) is 18.4 Å². The van der Waals surface area contributed by atoms with E-state index in [4.69, 9.17) is 0 Å². The van der Waals surface area contributed by atoms with E-state index >= 15 is 0 Å². The summed E-state index contributed by atoms with van der Waals surface area (Å²) in [6, 6.07) is 13.4. The van der Waals surface area contributed by atoms with Gasteiger partial charge in [-0.15, -0.1) is 0 Å². The van der Waals surface area contributed by atoms with Crippen LogP contribution in [0.4, 0.5) is 5.69 Å². The van der Waals surface area contributed by atoms with Crippen molar-refractivity contribution in [3.63, 3.8) is 0 Å². The van der Waals surface area contributed by atoms with Crippen molar-refractivity contribution in [2.24, 2.45) is 0 Å². The van der Waals surface area contributed by atoms with Gasteiger partial charge in [-0.3, -0.25) is 9.78 Å². The Morgan fingerprint density at radius 2 is 1.95 bits per heavy atom. The molecule has 2 aromatic rings. The molecule has 2 N–H and O–H groups in total. The number of para-hydroxylation sites is 1. The van der Waals surface area contributed by atoms with Crippen LogP contribution in [-0.4, -0.2) is 17.4 Å². The molecule has 4 heteroatoms. The molecule has 98 valence electrons. The van der Waals surface area contributed by atoms with E-state index in [-0.39, 0.29) is 12.5 Å². The summed E-state index contributed by atoms with van der Waals surface area (Å²) in [4.78, 5) is 15.9. The largest absolute Gasteiger partial charge is 0.325 e. The zero-order valence-corrected chi connectivity index (χ0v) is 10.9. The second kappa shape index (κ2) is 6.66. The number of carbonyl (C=O) groups excluding carboxylic acids is 1. The van der Waals surface area contributed by atoms with Gasteiger partial charge in [-0.25, -0.2) is 0 Å². The topological polar surface area (TPSA) is 54.0 Å². The lowest BCUT2D eigenvalue weighted by molar-refractivity contribution is -0.115. The van der Waals surface area contributed by atoms with Crippen molar-refractivity contribution >= 4 is 11.6 Å². The number of amides is 1. The van der Waals surface area contributed by atoms with Gasteiger partial charge in [0.05, 0.1) is 12.2 Å². The number of nitrogens with zero attached hydrogens (tertiary/aromatic N) is 1. The molecular formula is C15H17N3O. The molecule has 0 saturated carbocycles. The average Bonchev–Trinajstić information content (AvgIpc) is 2.43. The predicted octanol–water partition coefficient (Wildman–Crippen LogP) is 2.12. The summed E-state index contributed by atoms with van der Waals surface area (Å²) in [5.74, 6) is -0.0507. The Labute approximate surface area is 112 Å². The smallest absolute Gasteiger partial charge is 0.238 e. The third-order valence-electron chi connectivity index (χ3n) is 2.74. The Morgan fingerprint density at radius 3 is 2.68 bits per heavy atom. The highest BCUT2D eigenvalue weighted by Crippen LogP contribution is 2.12. The van der Waals surface area contributed by atoms with Crippen molar-refractivity contribution in [1.82, 2.24) is 10.3 Å². The fourth-order valence-electron chi connectivity index (χ4n) is 1.71. The lowest BCUT2D eigenvalue weighted by atomic mass is 10.2. The van der Waals surface area contributed by atoms with E-state index in [1.807, 2.05) is 49.4 Å². The minimum atomic E-state index is -0.0507. The van der Waals surface area contributed by atoms with Gasteiger partial charge in [0.25, 0.3) is 0 Å². The third-order valence-corrected chi connectivity index (χ3v) is 2.74. The van der Waals surface area contributed by atoms with Crippen LogP contribution in [0.3, 0.4) is 0 Å². The summed E-state index contributed by atoms with van der Waals surface area (Å²) >= 11 is 0. The van der Waals surface area contributed by atoms with Gasteiger partial charge < -0.3 is 10.6 Å². The van der Waals surface area contributed by atoms with Gasteiger partial charge in [-0.05, 0) is 30.7 Å². The number of hydrogen-bond donors (Lipinski definition) is 2. The van der Waals surface area contributed by atoms with E-state index in [0.717, 1.165) is 16.9 Å². The highest BCUT2D eigenvalue weighted by atomic mass is 16.1. The maximum Gasteiger partial charge on any atom is 0.238 e. The van der Waals surface area contributed by atoms with Crippen LogP contribution < -0.4 is 10.6 Å². The molecule has 0 saturated heterocycles. The maximum absolute atomic E-state index is 11.8. The summed E-state index contributed by atoms with van der Waals surface area (Å²) in [7, 11) is 0. The van der Waals surface area contributed by atoms with Gasteiger partial charge in [0.15, 0.2) is 0 Å².